The van der Waals surface area contributed by atoms with Crippen molar-refractivity contribution in [2.45, 2.75) is 78.2 Å². The van der Waals surface area contributed by atoms with Crippen LogP contribution in [0.25, 0.3) is 0 Å². The zero-order valence-corrected chi connectivity index (χ0v) is 17.3. The van der Waals surface area contributed by atoms with E-state index in [1.807, 2.05) is 6.08 Å². The second-order valence-electron chi connectivity index (χ2n) is 9.71. The number of carbonyl (C=O) groups is 3. The van der Waals surface area contributed by atoms with Gasteiger partial charge in [-0.3, -0.25) is 14.4 Å². The minimum absolute atomic E-state index is 0.0187. The number of rotatable bonds is 3. The summed E-state index contributed by atoms with van der Waals surface area (Å²) >= 11 is 0. The van der Waals surface area contributed by atoms with Crippen LogP contribution in [-0.4, -0.2) is 30.4 Å². The fourth-order valence-corrected chi connectivity index (χ4v) is 7.21. The third-order valence-electron chi connectivity index (χ3n) is 8.44. The lowest BCUT2D eigenvalue weighted by atomic mass is 9.47. The van der Waals surface area contributed by atoms with Gasteiger partial charge < -0.3 is 9.47 Å². The summed E-state index contributed by atoms with van der Waals surface area (Å²) in [5.41, 5.74) is 1.08. The predicted molar refractivity (Wildman–Crippen MR) is 103 cm³/mol. The average molecular weight is 389 g/mol. The summed E-state index contributed by atoms with van der Waals surface area (Å²) in [5, 5.41) is 0. The van der Waals surface area contributed by atoms with Crippen LogP contribution in [0, 0.1) is 28.6 Å². The van der Waals surface area contributed by atoms with Crippen LogP contribution >= 0.6 is 0 Å². The molecule has 28 heavy (non-hydrogen) atoms. The summed E-state index contributed by atoms with van der Waals surface area (Å²) in [7, 11) is 0. The molecule has 0 saturated heterocycles. The molecule has 5 heteroatoms. The lowest BCUT2D eigenvalue weighted by Crippen LogP contribution is -2.54. The lowest BCUT2D eigenvalue weighted by Gasteiger charge is -2.58. The first-order valence-electron chi connectivity index (χ1n) is 10.8. The first kappa shape index (κ1) is 19.7. The Morgan fingerprint density at radius 3 is 2.54 bits per heavy atom. The van der Waals surface area contributed by atoms with Gasteiger partial charge in [0.05, 0.1) is 0 Å². The summed E-state index contributed by atoms with van der Waals surface area (Å²) in [5.74, 6) is 1.30. The Labute approximate surface area is 167 Å². The minimum atomic E-state index is -0.246. The van der Waals surface area contributed by atoms with Crippen molar-refractivity contribution >= 4 is 17.7 Å². The van der Waals surface area contributed by atoms with Crippen LogP contribution in [0.2, 0.25) is 0 Å². The summed E-state index contributed by atoms with van der Waals surface area (Å²) in [4.78, 5) is 35.3. The van der Waals surface area contributed by atoms with E-state index in [1.54, 1.807) is 0 Å². The Morgan fingerprint density at radius 1 is 1.04 bits per heavy atom. The average Bonchev–Trinajstić information content (AvgIpc) is 2.96. The van der Waals surface area contributed by atoms with Crippen LogP contribution in [0.1, 0.15) is 72.1 Å². The van der Waals surface area contributed by atoms with Crippen molar-refractivity contribution < 1.29 is 23.9 Å². The Balaban J connectivity index is 1.65. The van der Waals surface area contributed by atoms with E-state index < -0.39 is 0 Å². The molecule has 0 radical (unpaired) electrons. The fourth-order valence-electron chi connectivity index (χ4n) is 7.21. The van der Waals surface area contributed by atoms with E-state index in [0.717, 1.165) is 44.9 Å². The van der Waals surface area contributed by atoms with E-state index in [-0.39, 0.29) is 34.7 Å². The van der Waals surface area contributed by atoms with E-state index in [2.05, 4.69) is 6.92 Å². The molecule has 0 unspecified atom stereocenters. The highest BCUT2D eigenvalue weighted by atomic mass is 16.5. The van der Waals surface area contributed by atoms with E-state index in [1.165, 1.54) is 19.4 Å². The zero-order valence-electron chi connectivity index (χ0n) is 17.3. The number of hydrogen-bond donors (Lipinski definition) is 0. The standard InChI is InChI=1S/C23H32O5/c1-14(24)27-13-23-11-8-17(26)12-16(23)4-5-18-19-6-7-21(28-15(2)25)22(19,3)10-9-20(18)23/h12,18-21H,4-11,13H2,1-3H3/t18-,19-,20-,21+,22+,23-/m1/s1. The Kier molecular flexibility index (Phi) is 4.91. The molecule has 154 valence electrons. The minimum Gasteiger partial charge on any atom is -0.465 e. The van der Waals surface area contributed by atoms with E-state index >= 15 is 0 Å². The molecule has 6 atom stereocenters. The first-order chi connectivity index (χ1) is 13.3. The smallest absolute Gasteiger partial charge is 0.302 e. The van der Waals surface area contributed by atoms with Crippen LogP contribution in [0.15, 0.2) is 11.6 Å². The quantitative estimate of drug-likeness (QED) is 0.684. The van der Waals surface area contributed by atoms with Gasteiger partial charge in [0.2, 0.25) is 0 Å². The number of hydrogen-bond acceptors (Lipinski definition) is 5. The van der Waals surface area contributed by atoms with E-state index in [4.69, 9.17) is 9.47 Å². The van der Waals surface area contributed by atoms with Crippen molar-refractivity contribution in [1.82, 2.24) is 0 Å². The van der Waals surface area contributed by atoms with Gasteiger partial charge in [-0.1, -0.05) is 12.5 Å². The molecule has 0 N–H and O–H groups in total. The number of ether oxygens (including phenoxy) is 2. The molecule has 4 aliphatic rings. The monoisotopic (exact) mass is 388 g/mol. The summed E-state index contributed by atoms with van der Waals surface area (Å²) in [6, 6.07) is 0. The molecule has 0 aromatic rings. The van der Waals surface area contributed by atoms with Crippen molar-refractivity contribution in [3.63, 3.8) is 0 Å². The van der Waals surface area contributed by atoms with Crippen LogP contribution in [-0.2, 0) is 23.9 Å². The third-order valence-corrected chi connectivity index (χ3v) is 8.44. The summed E-state index contributed by atoms with van der Waals surface area (Å²) in [6.07, 6.45) is 9.33. The third kappa shape index (κ3) is 3.02. The molecule has 0 aliphatic heterocycles. The summed E-state index contributed by atoms with van der Waals surface area (Å²) < 4.78 is 11.3. The van der Waals surface area contributed by atoms with E-state index in [0.29, 0.717) is 30.8 Å². The second kappa shape index (κ2) is 7.00. The number of ketones is 1. The van der Waals surface area contributed by atoms with Gasteiger partial charge in [-0.2, -0.15) is 0 Å². The topological polar surface area (TPSA) is 69.7 Å². The van der Waals surface area contributed by atoms with Gasteiger partial charge in [-0.25, -0.2) is 0 Å². The van der Waals surface area contributed by atoms with Gasteiger partial charge >= 0.3 is 11.9 Å². The summed E-state index contributed by atoms with van der Waals surface area (Å²) in [6.45, 7) is 5.68. The van der Waals surface area contributed by atoms with Gasteiger partial charge in [-0.05, 0) is 68.8 Å². The Hall–Kier alpha value is -1.65. The van der Waals surface area contributed by atoms with Crippen LogP contribution < -0.4 is 0 Å². The van der Waals surface area contributed by atoms with Crippen LogP contribution in [0.3, 0.4) is 0 Å². The molecule has 4 rings (SSSR count). The lowest BCUT2D eigenvalue weighted by molar-refractivity contribution is -0.159. The van der Waals surface area contributed by atoms with Gasteiger partial charge in [0.25, 0.3) is 0 Å². The highest BCUT2D eigenvalue weighted by molar-refractivity contribution is 5.91. The van der Waals surface area contributed by atoms with Crippen molar-refractivity contribution in [1.29, 1.82) is 0 Å². The SMILES string of the molecule is CC(=O)OC[C@]12CCC(=O)C=C1CC[C@H]1[C@H]2CC[C@]2(C)[C@@H](OC(C)=O)CC[C@H]12. The largest absolute Gasteiger partial charge is 0.465 e. The molecule has 0 heterocycles. The normalized spacial score (nSPS) is 42.0. The van der Waals surface area contributed by atoms with Crippen molar-refractivity contribution in [2.75, 3.05) is 6.61 Å². The zero-order chi connectivity index (χ0) is 20.1. The second-order valence-corrected chi connectivity index (χ2v) is 9.71. The maximum Gasteiger partial charge on any atom is 0.302 e. The van der Waals surface area contributed by atoms with Gasteiger partial charge in [0.1, 0.15) is 12.7 Å². The molecule has 5 nitrogen and oxygen atoms in total. The van der Waals surface area contributed by atoms with Gasteiger partial charge in [0, 0.05) is 31.1 Å². The van der Waals surface area contributed by atoms with Crippen LogP contribution in [0.4, 0.5) is 0 Å². The molecule has 3 fully saturated rings. The van der Waals surface area contributed by atoms with Crippen molar-refractivity contribution in [2.24, 2.45) is 28.6 Å². The Bertz CT molecular complexity index is 725. The molecule has 4 aliphatic carbocycles. The fraction of sp³-hybridized carbons (Fsp3) is 0.783. The maximum atomic E-state index is 12.1. The number of esters is 2. The molecule has 0 amide bonds. The molecule has 0 bridgehead atoms. The molecule has 0 aromatic carbocycles. The van der Waals surface area contributed by atoms with Crippen molar-refractivity contribution in [3.8, 4) is 0 Å². The molecule has 3 saturated carbocycles. The highest BCUT2D eigenvalue weighted by Crippen LogP contribution is 2.65. The van der Waals surface area contributed by atoms with E-state index in [9.17, 15) is 14.4 Å². The number of fused-ring (bicyclic) bond motifs is 5. The van der Waals surface area contributed by atoms with Crippen LogP contribution in [0.5, 0.6) is 0 Å². The molecule has 0 spiro atoms. The van der Waals surface area contributed by atoms with Gasteiger partial charge in [-0.15, -0.1) is 0 Å². The molecular formula is C23H32O5. The molecular weight excluding hydrogens is 356 g/mol. The maximum absolute atomic E-state index is 12.1. The number of carbonyl (C=O) groups excluding carboxylic acids is 3. The Morgan fingerprint density at radius 2 is 1.82 bits per heavy atom. The first-order valence-corrected chi connectivity index (χ1v) is 10.8. The predicted octanol–water partition coefficient (Wildman–Crippen LogP) is 3.99. The highest BCUT2D eigenvalue weighted by Gasteiger charge is 2.61. The molecule has 0 aromatic heterocycles. The van der Waals surface area contributed by atoms with Gasteiger partial charge in [0.15, 0.2) is 5.78 Å². The van der Waals surface area contributed by atoms with Crippen molar-refractivity contribution in [3.05, 3.63) is 11.6 Å².